The smallest absolute Gasteiger partial charge is 0.220 e. The molecule has 1 aliphatic rings. The molecule has 0 aromatic carbocycles. The number of rotatable bonds is 4. The number of nitrogens with one attached hydrogen (secondary N) is 2. The fourth-order valence-electron chi connectivity index (χ4n) is 1.30. The second-order valence-electron chi connectivity index (χ2n) is 3.07. The Morgan fingerprint density at radius 3 is 3.17 bits per heavy atom. The van der Waals surface area contributed by atoms with E-state index in [1.807, 2.05) is 6.08 Å². The number of hydrogen-bond donors (Lipinski definition) is 2. The predicted molar refractivity (Wildman–Crippen MR) is 48.8 cm³/mol. The van der Waals surface area contributed by atoms with E-state index in [9.17, 15) is 4.79 Å². The van der Waals surface area contributed by atoms with Gasteiger partial charge in [-0.3, -0.25) is 4.79 Å². The highest BCUT2D eigenvalue weighted by molar-refractivity contribution is 5.76. The Balaban J connectivity index is 2.09. The molecular formula is C9H16N2O. The third kappa shape index (κ3) is 3.05. The van der Waals surface area contributed by atoms with Crippen molar-refractivity contribution in [2.45, 2.75) is 25.3 Å². The molecule has 0 spiro atoms. The van der Waals surface area contributed by atoms with Crippen LogP contribution in [0.3, 0.4) is 0 Å². The SMILES string of the molecule is C=CCCNC1CCC(=O)NC1. The maximum Gasteiger partial charge on any atom is 0.220 e. The molecule has 3 heteroatoms. The lowest BCUT2D eigenvalue weighted by Gasteiger charge is -2.23. The van der Waals surface area contributed by atoms with Gasteiger partial charge in [0.15, 0.2) is 0 Å². The highest BCUT2D eigenvalue weighted by Gasteiger charge is 2.16. The summed E-state index contributed by atoms with van der Waals surface area (Å²) < 4.78 is 0. The molecule has 12 heavy (non-hydrogen) atoms. The Kier molecular flexibility index (Phi) is 3.80. The van der Waals surface area contributed by atoms with Gasteiger partial charge in [0.25, 0.3) is 0 Å². The van der Waals surface area contributed by atoms with Crippen molar-refractivity contribution in [1.82, 2.24) is 10.6 Å². The first-order valence-electron chi connectivity index (χ1n) is 4.44. The molecule has 1 amide bonds. The predicted octanol–water partition coefficient (Wildman–Crippen LogP) is 0.431. The highest BCUT2D eigenvalue weighted by Crippen LogP contribution is 2.02. The minimum absolute atomic E-state index is 0.178. The van der Waals surface area contributed by atoms with E-state index in [0.717, 1.165) is 25.9 Å². The zero-order chi connectivity index (χ0) is 8.81. The van der Waals surface area contributed by atoms with Crippen molar-refractivity contribution < 1.29 is 4.79 Å². The Hall–Kier alpha value is -0.830. The Labute approximate surface area is 73.2 Å². The summed E-state index contributed by atoms with van der Waals surface area (Å²) in [6.07, 6.45) is 4.51. The summed E-state index contributed by atoms with van der Waals surface area (Å²) in [7, 11) is 0. The third-order valence-electron chi connectivity index (χ3n) is 2.05. The first-order chi connectivity index (χ1) is 5.83. The normalized spacial score (nSPS) is 23.3. The van der Waals surface area contributed by atoms with Gasteiger partial charge in [0.05, 0.1) is 0 Å². The molecule has 0 bridgehead atoms. The van der Waals surface area contributed by atoms with E-state index in [4.69, 9.17) is 0 Å². The maximum absolute atomic E-state index is 10.8. The molecule has 68 valence electrons. The van der Waals surface area contributed by atoms with Gasteiger partial charge in [0.1, 0.15) is 0 Å². The van der Waals surface area contributed by atoms with Crippen LogP contribution in [-0.4, -0.2) is 25.0 Å². The molecule has 1 unspecified atom stereocenters. The molecule has 2 N–H and O–H groups in total. The second-order valence-corrected chi connectivity index (χ2v) is 3.07. The molecular weight excluding hydrogens is 152 g/mol. The van der Waals surface area contributed by atoms with Crippen molar-refractivity contribution in [3.05, 3.63) is 12.7 Å². The minimum Gasteiger partial charge on any atom is -0.355 e. The zero-order valence-corrected chi connectivity index (χ0v) is 7.31. The van der Waals surface area contributed by atoms with Crippen LogP contribution in [-0.2, 0) is 4.79 Å². The van der Waals surface area contributed by atoms with Crippen molar-refractivity contribution in [2.24, 2.45) is 0 Å². The van der Waals surface area contributed by atoms with Crippen LogP contribution in [0.15, 0.2) is 12.7 Å². The van der Waals surface area contributed by atoms with Gasteiger partial charge >= 0.3 is 0 Å². The molecule has 1 rings (SSSR count). The van der Waals surface area contributed by atoms with Gasteiger partial charge < -0.3 is 10.6 Å². The Morgan fingerprint density at radius 2 is 2.58 bits per heavy atom. The first-order valence-corrected chi connectivity index (χ1v) is 4.44. The van der Waals surface area contributed by atoms with Crippen molar-refractivity contribution in [2.75, 3.05) is 13.1 Å². The van der Waals surface area contributed by atoms with Gasteiger partial charge in [-0.25, -0.2) is 0 Å². The molecule has 0 radical (unpaired) electrons. The summed E-state index contributed by atoms with van der Waals surface area (Å²) >= 11 is 0. The van der Waals surface area contributed by atoms with E-state index in [1.165, 1.54) is 0 Å². The van der Waals surface area contributed by atoms with E-state index in [2.05, 4.69) is 17.2 Å². The molecule has 0 aromatic rings. The van der Waals surface area contributed by atoms with Crippen LogP contribution in [0, 0.1) is 0 Å². The van der Waals surface area contributed by atoms with Crippen LogP contribution < -0.4 is 10.6 Å². The topological polar surface area (TPSA) is 41.1 Å². The van der Waals surface area contributed by atoms with Crippen LogP contribution in [0.1, 0.15) is 19.3 Å². The lowest BCUT2D eigenvalue weighted by Crippen LogP contribution is -2.45. The third-order valence-corrected chi connectivity index (χ3v) is 2.05. The van der Waals surface area contributed by atoms with E-state index in [-0.39, 0.29) is 5.91 Å². The quantitative estimate of drug-likeness (QED) is 0.472. The molecule has 3 nitrogen and oxygen atoms in total. The summed E-state index contributed by atoms with van der Waals surface area (Å²) in [5, 5.41) is 6.19. The van der Waals surface area contributed by atoms with E-state index < -0.39 is 0 Å². The van der Waals surface area contributed by atoms with Gasteiger partial charge in [-0.2, -0.15) is 0 Å². The summed E-state index contributed by atoms with van der Waals surface area (Å²) in [6, 6.07) is 0.461. The van der Waals surface area contributed by atoms with Gasteiger partial charge in [-0.15, -0.1) is 6.58 Å². The van der Waals surface area contributed by atoms with Crippen LogP contribution in [0.2, 0.25) is 0 Å². The number of piperidine rings is 1. The van der Waals surface area contributed by atoms with E-state index in [0.29, 0.717) is 12.5 Å². The Bertz CT molecular complexity index is 158. The minimum atomic E-state index is 0.178. The molecule has 0 aliphatic carbocycles. The van der Waals surface area contributed by atoms with Gasteiger partial charge in [0.2, 0.25) is 5.91 Å². The van der Waals surface area contributed by atoms with Crippen LogP contribution in [0.5, 0.6) is 0 Å². The van der Waals surface area contributed by atoms with Crippen LogP contribution in [0.4, 0.5) is 0 Å². The molecule has 0 saturated carbocycles. The average molecular weight is 168 g/mol. The van der Waals surface area contributed by atoms with Gasteiger partial charge in [-0.05, 0) is 19.4 Å². The van der Waals surface area contributed by atoms with Crippen LogP contribution >= 0.6 is 0 Å². The number of hydrogen-bond acceptors (Lipinski definition) is 2. The molecule has 1 saturated heterocycles. The summed E-state index contributed by atoms with van der Waals surface area (Å²) in [5.41, 5.74) is 0. The zero-order valence-electron chi connectivity index (χ0n) is 7.31. The fraction of sp³-hybridized carbons (Fsp3) is 0.667. The van der Waals surface area contributed by atoms with E-state index in [1.54, 1.807) is 0 Å². The van der Waals surface area contributed by atoms with Crippen LogP contribution in [0.25, 0.3) is 0 Å². The van der Waals surface area contributed by atoms with Gasteiger partial charge in [-0.1, -0.05) is 6.08 Å². The van der Waals surface area contributed by atoms with Crippen molar-refractivity contribution in [3.8, 4) is 0 Å². The lowest BCUT2D eigenvalue weighted by molar-refractivity contribution is -0.122. The number of carbonyl (C=O) groups is 1. The second kappa shape index (κ2) is 4.93. The number of carbonyl (C=O) groups excluding carboxylic acids is 1. The van der Waals surface area contributed by atoms with Crippen molar-refractivity contribution >= 4 is 5.91 Å². The maximum atomic E-state index is 10.8. The number of amides is 1. The standard InChI is InChI=1S/C9H16N2O/c1-2-3-6-10-8-4-5-9(12)11-7-8/h2,8,10H,1,3-7H2,(H,11,12). The van der Waals surface area contributed by atoms with Crippen molar-refractivity contribution in [1.29, 1.82) is 0 Å². The van der Waals surface area contributed by atoms with Gasteiger partial charge in [0, 0.05) is 19.0 Å². The fourth-order valence-corrected chi connectivity index (χ4v) is 1.30. The molecule has 1 aliphatic heterocycles. The highest BCUT2D eigenvalue weighted by atomic mass is 16.1. The van der Waals surface area contributed by atoms with Crippen molar-refractivity contribution in [3.63, 3.8) is 0 Å². The first kappa shape index (κ1) is 9.26. The molecule has 0 aromatic heterocycles. The summed E-state index contributed by atoms with van der Waals surface area (Å²) in [4.78, 5) is 10.8. The lowest BCUT2D eigenvalue weighted by atomic mass is 10.1. The Morgan fingerprint density at radius 1 is 1.75 bits per heavy atom. The van der Waals surface area contributed by atoms with E-state index >= 15 is 0 Å². The summed E-state index contributed by atoms with van der Waals surface area (Å²) in [5.74, 6) is 0.178. The largest absolute Gasteiger partial charge is 0.355 e. The molecule has 1 heterocycles. The summed E-state index contributed by atoms with van der Waals surface area (Å²) in [6.45, 7) is 5.38. The monoisotopic (exact) mass is 168 g/mol. The molecule has 1 fully saturated rings. The average Bonchev–Trinajstić information content (AvgIpc) is 2.09. The molecule has 1 atom stereocenters.